The SMILES string of the molecule is CCCn1cc(Br)cc1C(=O)N[C@@H](CC(C)C)C(=O)O. The standard InChI is InChI=1S/C14H21BrN2O3/c1-4-5-17-8-10(15)7-12(17)13(18)16-11(14(19)20)6-9(2)3/h7-9,11H,4-6H2,1-3H3,(H,16,18)(H,19,20)/t11-/m0/s1. The lowest BCUT2D eigenvalue weighted by molar-refractivity contribution is -0.139. The summed E-state index contributed by atoms with van der Waals surface area (Å²) >= 11 is 3.34. The number of hydrogen-bond donors (Lipinski definition) is 2. The molecule has 0 saturated heterocycles. The number of aromatic nitrogens is 1. The van der Waals surface area contributed by atoms with E-state index in [1.807, 2.05) is 31.5 Å². The highest BCUT2D eigenvalue weighted by molar-refractivity contribution is 9.10. The predicted octanol–water partition coefficient (Wildman–Crippen LogP) is 2.89. The largest absolute Gasteiger partial charge is 0.480 e. The lowest BCUT2D eigenvalue weighted by Crippen LogP contribution is -2.42. The van der Waals surface area contributed by atoms with Gasteiger partial charge in [0.1, 0.15) is 11.7 Å². The first-order valence-electron chi connectivity index (χ1n) is 6.74. The molecule has 1 heterocycles. The molecule has 1 atom stereocenters. The maximum absolute atomic E-state index is 12.2. The predicted molar refractivity (Wildman–Crippen MR) is 80.8 cm³/mol. The highest BCUT2D eigenvalue weighted by atomic mass is 79.9. The zero-order valence-corrected chi connectivity index (χ0v) is 13.6. The number of aryl methyl sites for hydroxylation is 1. The Bertz CT molecular complexity index is 483. The highest BCUT2D eigenvalue weighted by Crippen LogP contribution is 2.16. The molecule has 1 rings (SSSR count). The van der Waals surface area contributed by atoms with Gasteiger partial charge in [0.15, 0.2) is 0 Å². The Hall–Kier alpha value is -1.30. The average Bonchev–Trinajstić information content (AvgIpc) is 2.69. The summed E-state index contributed by atoms with van der Waals surface area (Å²) in [5, 5.41) is 11.8. The van der Waals surface area contributed by atoms with Gasteiger partial charge in [0, 0.05) is 17.2 Å². The Morgan fingerprint density at radius 2 is 2.10 bits per heavy atom. The molecule has 0 saturated carbocycles. The summed E-state index contributed by atoms with van der Waals surface area (Å²) in [5.74, 6) is -1.15. The molecule has 6 heteroatoms. The molecular formula is C14H21BrN2O3. The van der Waals surface area contributed by atoms with Crippen LogP contribution in [-0.4, -0.2) is 27.6 Å². The molecular weight excluding hydrogens is 324 g/mol. The second-order valence-electron chi connectivity index (χ2n) is 5.23. The van der Waals surface area contributed by atoms with Gasteiger partial charge in [-0.05, 0) is 40.8 Å². The fourth-order valence-corrected chi connectivity index (χ4v) is 2.48. The number of aliphatic carboxylic acids is 1. The number of rotatable bonds is 7. The van der Waals surface area contributed by atoms with Gasteiger partial charge in [-0.3, -0.25) is 4.79 Å². The van der Waals surface area contributed by atoms with Crippen LogP contribution in [0.2, 0.25) is 0 Å². The van der Waals surface area contributed by atoms with Gasteiger partial charge in [0.2, 0.25) is 0 Å². The summed E-state index contributed by atoms with van der Waals surface area (Å²) in [5.41, 5.74) is 0.480. The van der Waals surface area contributed by atoms with Crippen molar-refractivity contribution < 1.29 is 14.7 Å². The summed E-state index contributed by atoms with van der Waals surface area (Å²) in [4.78, 5) is 23.4. The summed E-state index contributed by atoms with van der Waals surface area (Å²) in [6.45, 7) is 6.60. The number of nitrogens with one attached hydrogen (secondary N) is 1. The molecule has 112 valence electrons. The molecule has 0 bridgehead atoms. The molecule has 2 N–H and O–H groups in total. The van der Waals surface area contributed by atoms with Gasteiger partial charge in [-0.15, -0.1) is 0 Å². The van der Waals surface area contributed by atoms with Gasteiger partial charge in [0.25, 0.3) is 5.91 Å². The van der Waals surface area contributed by atoms with E-state index in [0.29, 0.717) is 12.1 Å². The van der Waals surface area contributed by atoms with Crippen LogP contribution in [0.4, 0.5) is 0 Å². The molecule has 0 aliphatic heterocycles. The van der Waals surface area contributed by atoms with Crippen LogP contribution in [0.3, 0.4) is 0 Å². The van der Waals surface area contributed by atoms with E-state index >= 15 is 0 Å². The fourth-order valence-electron chi connectivity index (χ4n) is 2.02. The average molecular weight is 345 g/mol. The van der Waals surface area contributed by atoms with Gasteiger partial charge >= 0.3 is 5.97 Å². The summed E-state index contributed by atoms with van der Waals surface area (Å²) in [6.07, 6.45) is 3.14. The number of carboxylic acid groups (broad SMARTS) is 1. The van der Waals surface area contributed by atoms with Gasteiger partial charge in [-0.2, -0.15) is 0 Å². The van der Waals surface area contributed by atoms with E-state index < -0.39 is 12.0 Å². The van der Waals surface area contributed by atoms with Crippen LogP contribution < -0.4 is 5.32 Å². The topological polar surface area (TPSA) is 71.3 Å². The maximum atomic E-state index is 12.2. The van der Waals surface area contributed by atoms with Crippen LogP contribution in [-0.2, 0) is 11.3 Å². The van der Waals surface area contributed by atoms with Crippen molar-refractivity contribution in [2.75, 3.05) is 0 Å². The van der Waals surface area contributed by atoms with Gasteiger partial charge in [-0.1, -0.05) is 20.8 Å². The first-order chi connectivity index (χ1) is 9.35. The number of nitrogens with zero attached hydrogens (tertiary/aromatic N) is 1. The smallest absolute Gasteiger partial charge is 0.326 e. The van der Waals surface area contributed by atoms with E-state index in [0.717, 1.165) is 17.4 Å². The summed E-state index contributed by atoms with van der Waals surface area (Å²) in [7, 11) is 0. The van der Waals surface area contributed by atoms with Crippen molar-refractivity contribution in [3.8, 4) is 0 Å². The molecule has 1 aromatic rings. The van der Waals surface area contributed by atoms with Crippen LogP contribution in [0, 0.1) is 5.92 Å². The van der Waals surface area contributed by atoms with Crippen molar-refractivity contribution in [3.05, 3.63) is 22.4 Å². The Kier molecular flexibility index (Phi) is 6.26. The number of amides is 1. The molecule has 0 radical (unpaired) electrons. The van der Waals surface area contributed by atoms with Crippen LogP contribution in [0.1, 0.15) is 44.1 Å². The molecule has 0 aromatic carbocycles. The van der Waals surface area contributed by atoms with E-state index in [-0.39, 0.29) is 11.8 Å². The third-order valence-electron chi connectivity index (χ3n) is 2.87. The summed E-state index contributed by atoms with van der Waals surface area (Å²) < 4.78 is 2.64. The molecule has 0 unspecified atom stereocenters. The molecule has 0 aliphatic carbocycles. The van der Waals surface area contributed by atoms with Crippen LogP contribution in [0.25, 0.3) is 0 Å². The van der Waals surface area contributed by atoms with E-state index in [2.05, 4.69) is 21.2 Å². The minimum Gasteiger partial charge on any atom is -0.480 e. The van der Waals surface area contributed by atoms with Crippen molar-refractivity contribution in [2.45, 2.75) is 46.2 Å². The lowest BCUT2D eigenvalue weighted by atomic mass is 10.0. The van der Waals surface area contributed by atoms with Crippen LogP contribution in [0.15, 0.2) is 16.7 Å². The molecule has 1 amide bonds. The van der Waals surface area contributed by atoms with E-state index in [9.17, 15) is 9.59 Å². The molecule has 0 spiro atoms. The Morgan fingerprint density at radius 3 is 2.60 bits per heavy atom. The Balaban J connectivity index is 2.85. The van der Waals surface area contributed by atoms with Crippen molar-refractivity contribution in [2.24, 2.45) is 5.92 Å². The molecule has 0 fully saturated rings. The summed E-state index contributed by atoms with van der Waals surface area (Å²) in [6, 6.07) is 0.852. The van der Waals surface area contributed by atoms with Gasteiger partial charge in [-0.25, -0.2) is 4.79 Å². The van der Waals surface area contributed by atoms with E-state index in [1.54, 1.807) is 6.07 Å². The van der Waals surface area contributed by atoms with E-state index in [4.69, 9.17) is 5.11 Å². The second-order valence-corrected chi connectivity index (χ2v) is 6.15. The number of carbonyl (C=O) groups excluding carboxylic acids is 1. The first-order valence-corrected chi connectivity index (χ1v) is 7.53. The fraction of sp³-hybridized carbons (Fsp3) is 0.571. The number of hydrogen-bond acceptors (Lipinski definition) is 2. The van der Waals surface area contributed by atoms with Crippen molar-refractivity contribution in [1.29, 1.82) is 0 Å². The normalized spacial score (nSPS) is 12.4. The maximum Gasteiger partial charge on any atom is 0.326 e. The lowest BCUT2D eigenvalue weighted by Gasteiger charge is -2.17. The van der Waals surface area contributed by atoms with Crippen molar-refractivity contribution in [1.82, 2.24) is 9.88 Å². The number of carboxylic acids is 1. The third-order valence-corrected chi connectivity index (χ3v) is 3.30. The highest BCUT2D eigenvalue weighted by Gasteiger charge is 2.23. The van der Waals surface area contributed by atoms with E-state index in [1.165, 1.54) is 0 Å². The minimum atomic E-state index is -1.00. The van der Waals surface area contributed by atoms with Crippen LogP contribution >= 0.6 is 15.9 Å². The molecule has 0 aliphatic rings. The Morgan fingerprint density at radius 1 is 1.45 bits per heavy atom. The quantitative estimate of drug-likeness (QED) is 0.798. The first kappa shape index (κ1) is 16.8. The second kappa shape index (κ2) is 7.47. The van der Waals surface area contributed by atoms with Crippen molar-refractivity contribution in [3.63, 3.8) is 0 Å². The van der Waals surface area contributed by atoms with Gasteiger partial charge in [0.05, 0.1) is 0 Å². The third kappa shape index (κ3) is 4.67. The van der Waals surface area contributed by atoms with Crippen LogP contribution in [0.5, 0.6) is 0 Å². The number of carbonyl (C=O) groups is 2. The monoisotopic (exact) mass is 344 g/mol. The van der Waals surface area contributed by atoms with Gasteiger partial charge < -0.3 is 15.0 Å². The Labute approximate surface area is 127 Å². The zero-order chi connectivity index (χ0) is 15.3. The zero-order valence-electron chi connectivity index (χ0n) is 12.0. The minimum absolute atomic E-state index is 0.200. The molecule has 1 aromatic heterocycles. The number of halogens is 1. The molecule has 5 nitrogen and oxygen atoms in total. The molecule has 20 heavy (non-hydrogen) atoms. The van der Waals surface area contributed by atoms with Crippen molar-refractivity contribution >= 4 is 27.8 Å².